The Labute approximate surface area is 163 Å². The van der Waals surface area contributed by atoms with Crippen LogP contribution in [0.15, 0.2) is 54.6 Å². The monoisotopic (exact) mass is 407 g/mol. The van der Waals surface area contributed by atoms with E-state index in [2.05, 4.69) is 5.32 Å². The van der Waals surface area contributed by atoms with Gasteiger partial charge in [0.05, 0.1) is 5.92 Å². The van der Waals surface area contributed by atoms with Crippen LogP contribution >= 0.6 is 11.8 Å². The molecule has 1 unspecified atom stereocenters. The zero-order valence-electron chi connectivity index (χ0n) is 14.8. The fourth-order valence-electron chi connectivity index (χ4n) is 2.48. The predicted molar refractivity (Wildman–Crippen MR) is 107 cm³/mol. The first-order valence-electron chi connectivity index (χ1n) is 8.25. The lowest BCUT2D eigenvalue weighted by atomic mass is 10.00. The van der Waals surface area contributed by atoms with Crippen LogP contribution in [0.3, 0.4) is 0 Å². The second-order valence-corrected chi connectivity index (χ2v) is 8.75. The molecule has 2 N–H and O–H groups in total. The molecule has 0 saturated carbocycles. The summed E-state index contributed by atoms with van der Waals surface area (Å²) in [5, 5.41) is 2.75. The number of benzene rings is 2. The van der Waals surface area contributed by atoms with Crippen LogP contribution in [-0.2, 0) is 31.9 Å². The second kappa shape index (κ2) is 9.68. The van der Waals surface area contributed by atoms with Gasteiger partial charge in [-0.25, -0.2) is 0 Å². The summed E-state index contributed by atoms with van der Waals surface area (Å²) < 4.78 is 30.7. The summed E-state index contributed by atoms with van der Waals surface area (Å²) in [5.74, 6) is -0.710. The van der Waals surface area contributed by atoms with Crippen molar-refractivity contribution < 1.29 is 22.6 Å². The third kappa shape index (κ3) is 7.94. The Morgan fingerprint density at radius 2 is 1.67 bits per heavy atom. The Kier molecular flexibility index (Phi) is 7.58. The first kappa shape index (κ1) is 21.1. The third-order valence-corrected chi connectivity index (χ3v) is 5.43. The van der Waals surface area contributed by atoms with Gasteiger partial charge in [-0.2, -0.15) is 8.42 Å². The van der Waals surface area contributed by atoms with Gasteiger partial charge in [0.1, 0.15) is 5.75 Å². The van der Waals surface area contributed by atoms with E-state index in [1.807, 2.05) is 30.3 Å². The van der Waals surface area contributed by atoms with Gasteiger partial charge in [0.2, 0.25) is 5.91 Å². The van der Waals surface area contributed by atoms with E-state index in [9.17, 15) is 18.0 Å². The highest BCUT2D eigenvalue weighted by Gasteiger charge is 2.20. The largest absolute Gasteiger partial charge is 0.326 e. The second-order valence-electron chi connectivity index (χ2n) is 6.10. The molecule has 8 heteroatoms. The number of hydrogen-bond donors (Lipinski definition) is 2. The maximum Gasteiger partial charge on any atom is 0.269 e. The van der Waals surface area contributed by atoms with E-state index in [1.165, 1.54) is 19.1 Å². The highest BCUT2D eigenvalue weighted by Crippen LogP contribution is 2.19. The van der Waals surface area contributed by atoms with E-state index in [-0.39, 0.29) is 11.0 Å². The molecule has 0 radical (unpaired) electrons. The van der Waals surface area contributed by atoms with Crippen LogP contribution in [0.5, 0.6) is 0 Å². The Morgan fingerprint density at radius 3 is 2.22 bits per heavy atom. The fourth-order valence-corrected chi connectivity index (χ4v) is 3.80. The lowest BCUT2D eigenvalue weighted by Crippen LogP contribution is -2.27. The van der Waals surface area contributed by atoms with Gasteiger partial charge in [-0.1, -0.05) is 54.2 Å². The molecule has 0 bridgehead atoms. The SMILES string of the molecule is CC(=O)SCC(Cc1ccccc1)C(=O)Nc1ccc(CS(=O)(=O)O)cc1. The lowest BCUT2D eigenvalue weighted by Gasteiger charge is -2.16. The number of amides is 1. The summed E-state index contributed by atoms with van der Waals surface area (Å²) >= 11 is 1.11. The van der Waals surface area contributed by atoms with Crippen LogP contribution in [0, 0.1) is 5.92 Å². The minimum absolute atomic E-state index is 0.0459. The van der Waals surface area contributed by atoms with E-state index < -0.39 is 21.8 Å². The van der Waals surface area contributed by atoms with Crippen LogP contribution in [0.4, 0.5) is 5.69 Å². The van der Waals surface area contributed by atoms with E-state index in [4.69, 9.17) is 4.55 Å². The minimum Gasteiger partial charge on any atom is -0.326 e. The fraction of sp³-hybridized carbons (Fsp3) is 0.263. The summed E-state index contributed by atoms with van der Waals surface area (Å²) in [6.45, 7) is 1.47. The molecular formula is C19H21NO5S2. The number of rotatable bonds is 8. The highest BCUT2D eigenvalue weighted by atomic mass is 32.2. The van der Waals surface area contributed by atoms with Crippen LogP contribution in [0.1, 0.15) is 18.1 Å². The van der Waals surface area contributed by atoms with Crippen molar-refractivity contribution in [2.75, 3.05) is 11.1 Å². The van der Waals surface area contributed by atoms with Crippen LogP contribution in [-0.4, -0.2) is 29.7 Å². The zero-order chi connectivity index (χ0) is 19.9. The van der Waals surface area contributed by atoms with Crippen LogP contribution in [0.25, 0.3) is 0 Å². The van der Waals surface area contributed by atoms with Crippen molar-refractivity contribution in [2.45, 2.75) is 19.1 Å². The maximum atomic E-state index is 12.7. The van der Waals surface area contributed by atoms with Gasteiger partial charge in [-0.3, -0.25) is 14.1 Å². The molecule has 0 aliphatic rings. The van der Waals surface area contributed by atoms with Gasteiger partial charge >= 0.3 is 0 Å². The minimum atomic E-state index is -4.10. The van der Waals surface area contributed by atoms with Gasteiger partial charge in [0, 0.05) is 18.4 Å². The number of thioether (sulfide) groups is 1. The van der Waals surface area contributed by atoms with E-state index in [1.54, 1.807) is 12.1 Å². The first-order chi connectivity index (χ1) is 12.7. The summed E-state index contributed by atoms with van der Waals surface area (Å²) in [7, 11) is -4.10. The predicted octanol–water partition coefficient (Wildman–Crippen LogP) is 3.15. The quantitative estimate of drug-likeness (QED) is 0.652. The topological polar surface area (TPSA) is 101 Å². The Morgan fingerprint density at radius 1 is 1.04 bits per heavy atom. The summed E-state index contributed by atoms with van der Waals surface area (Å²) in [6, 6.07) is 15.8. The van der Waals surface area contributed by atoms with Crippen molar-refractivity contribution in [3.63, 3.8) is 0 Å². The Hall–Kier alpha value is -2.16. The molecule has 0 heterocycles. The van der Waals surface area contributed by atoms with Crippen molar-refractivity contribution in [1.82, 2.24) is 0 Å². The molecule has 6 nitrogen and oxygen atoms in total. The smallest absolute Gasteiger partial charge is 0.269 e. The third-order valence-electron chi connectivity index (χ3n) is 3.75. The average Bonchev–Trinajstić information content (AvgIpc) is 2.59. The number of carbonyl (C=O) groups is 2. The molecule has 27 heavy (non-hydrogen) atoms. The average molecular weight is 408 g/mol. The molecule has 2 aromatic carbocycles. The molecule has 0 aliphatic heterocycles. The van der Waals surface area contributed by atoms with E-state index in [0.29, 0.717) is 23.4 Å². The normalized spacial score (nSPS) is 12.4. The molecule has 0 spiro atoms. The molecule has 144 valence electrons. The molecular weight excluding hydrogens is 386 g/mol. The zero-order valence-corrected chi connectivity index (χ0v) is 16.4. The summed E-state index contributed by atoms with van der Waals surface area (Å²) in [5.41, 5.74) is 1.94. The van der Waals surface area contributed by atoms with Crippen LogP contribution in [0.2, 0.25) is 0 Å². The number of anilines is 1. The molecule has 1 amide bonds. The number of nitrogens with one attached hydrogen (secondary N) is 1. The van der Waals surface area contributed by atoms with Crippen molar-refractivity contribution in [2.24, 2.45) is 5.92 Å². The molecule has 0 aromatic heterocycles. The number of carbonyl (C=O) groups excluding carboxylic acids is 2. The van der Waals surface area contributed by atoms with Gasteiger partial charge in [-0.05, 0) is 29.7 Å². The molecule has 0 saturated heterocycles. The standard InChI is InChI=1S/C19H21NO5S2/c1-14(21)26-12-17(11-15-5-3-2-4-6-15)19(22)20-18-9-7-16(8-10-18)13-27(23,24)25/h2-10,17H,11-13H2,1H3,(H,20,22)(H,23,24,25). The molecule has 0 aliphatic carbocycles. The molecule has 2 rings (SSSR count). The lowest BCUT2D eigenvalue weighted by molar-refractivity contribution is -0.119. The van der Waals surface area contributed by atoms with E-state index in [0.717, 1.165) is 17.3 Å². The Bertz CT molecular complexity index is 880. The van der Waals surface area contributed by atoms with Crippen molar-refractivity contribution >= 4 is 38.6 Å². The molecule has 0 fully saturated rings. The highest BCUT2D eigenvalue weighted by molar-refractivity contribution is 8.13. The van der Waals surface area contributed by atoms with Crippen LogP contribution < -0.4 is 5.32 Å². The number of hydrogen-bond acceptors (Lipinski definition) is 5. The summed E-state index contributed by atoms with van der Waals surface area (Å²) in [4.78, 5) is 24.0. The van der Waals surface area contributed by atoms with Crippen molar-refractivity contribution in [3.8, 4) is 0 Å². The van der Waals surface area contributed by atoms with Gasteiger partial charge in [0.15, 0.2) is 5.12 Å². The van der Waals surface area contributed by atoms with Gasteiger partial charge in [-0.15, -0.1) is 0 Å². The van der Waals surface area contributed by atoms with Crippen molar-refractivity contribution in [1.29, 1.82) is 0 Å². The van der Waals surface area contributed by atoms with Gasteiger partial charge in [0.25, 0.3) is 10.1 Å². The molecule has 1 atom stereocenters. The van der Waals surface area contributed by atoms with Crippen molar-refractivity contribution in [3.05, 3.63) is 65.7 Å². The summed E-state index contributed by atoms with van der Waals surface area (Å²) in [6.07, 6.45) is 0.508. The van der Waals surface area contributed by atoms with E-state index >= 15 is 0 Å². The molecule has 2 aromatic rings. The van der Waals surface area contributed by atoms with Gasteiger partial charge < -0.3 is 5.32 Å². The Balaban J connectivity index is 2.06. The maximum absolute atomic E-state index is 12.7. The first-order valence-corrected chi connectivity index (χ1v) is 10.8.